The molecule has 6 rings (SSSR count). The van der Waals surface area contributed by atoms with Crippen LogP contribution in [0, 0.1) is 12.7 Å². The first-order valence-electron chi connectivity index (χ1n) is 10.0. The molecule has 5 aromatic heterocycles. The van der Waals surface area contributed by atoms with Gasteiger partial charge in [-0.15, -0.1) is 0 Å². The highest BCUT2D eigenvalue weighted by molar-refractivity contribution is 5.95. The summed E-state index contributed by atoms with van der Waals surface area (Å²) < 4.78 is 13.8. The number of halogens is 1. The van der Waals surface area contributed by atoms with Gasteiger partial charge in [0.15, 0.2) is 11.5 Å². The number of imidazole rings is 1. The van der Waals surface area contributed by atoms with E-state index in [1.165, 1.54) is 12.1 Å². The first-order valence-corrected chi connectivity index (χ1v) is 10.0. The minimum atomic E-state index is -0.322. The molecular formula is C24H16FN7. The highest BCUT2D eigenvalue weighted by Gasteiger charge is 2.17. The molecule has 5 heterocycles. The molecule has 154 valence electrons. The Morgan fingerprint density at radius 2 is 1.75 bits per heavy atom. The molecule has 1 aromatic carbocycles. The monoisotopic (exact) mass is 421 g/mol. The summed E-state index contributed by atoms with van der Waals surface area (Å²) in [5.74, 6) is 0.238. The fourth-order valence-electron chi connectivity index (χ4n) is 3.81. The maximum atomic E-state index is 13.8. The second kappa shape index (κ2) is 7.05. The van der Waals surface area contributed by atoms with E-state index in [2.05, 4.69) is 25.1 Å². The fourth-order valence-corrected chi connectivity index (χ4v) is 3.81. The van der Waals surface area contributed by atoms with Gasteiger partial charge >= 0.3 is 0 Å². The number of fused-ring (bicyclic) bond motifs is 2. The molecule has 0 amide bonds. The molecule has 0 aliphatic rings. The Kier molecular flexibility index (Phi) is 4.04. The number of aromatic amines is 2. The summed E-state index contributed by atoms with van der Waals surface area (Å²) >= 11 is 0. The van der Waals surface area contributed by atoms with Gasteiger partial charge in [0.05, 0.1) is 22.4 Å². The van der Waals surface area contributed by atoms with Gasteiger partial charge in [0.2, 0.25) is 0 Å². The van der Waals surface area contributed by atoms with Crippen molar-refractivity contribution < 1.29 is 4.39 Å². The molecule has 0 fully saturated rings. The standard InChI is InChI=1S/C24H16FN7/c1-13-9-15(12-26-11-13)17-5-6-19-22(28-17)23(32-31-19)24-29-18-7-8-27-20(21(18)30-24)14-3-2-4-16(25)10-14/h2-12H,1H3,(H,29,30)(H,31,32). The van der Waals surface area contributed by atoms with E-state index < -0.39 is 0 Å². The molecule has 0 radical (unpaired) electrons. The molecule has 0 spiro atoms. The minimum absolute atomic E-state index is 0.322. The summed E-state index contributed by atoms with van der Waals surface area (Å²) in [5, 5.41) is 7.47. The largest absolute Gasteiger partial charge is 0.336 e. The number of nitrogens with zero attached hydrogens (tertiary/aromatic N) is 5. The van der Waals surface area contributed by atoms with E-state index in [4.69, 9.17) is 9.97 Å². The number of aryl methyl sites for hydroxylation is 1. The molecule has 0 unspecified atom stereocenters. The summed E-state index contributed by atoms with van der Waals surface area (Å²) in [5.41, 5.74) is 7.58. The van der Waals surface area contributed by atoms with Crippen molar-refractivity contribution in [2.45, 2.75) is 6.92 Å². The van der Waals surface area contributed by atoms with E-state index in [-0.39, 0.29) is 5.82 Å². The van der Waals surface area contributed by atoms with Crippen molar-refractivity contribution in [3.05, 3.63) is 78.5 Å². The van der Waals surface area contributed by atoms with Crippen LogP contribution >= 0.6 is 0 Å². The summed E-state index contributed by atoms with van der Waals surface area (Å²) in [7, 11) is 0. The highest BCUT2D eigenvalue weighted by Crippen LogP contribution is 2.30. The average Bonchev–Trinajstić information content (AvgIpc) is 3.42. The van der Waals surface area contributed by atoms with E-state index in [1.807, 2.05) is 43.5 Å². The normalized spacial score (nSPS) is 11.4. The van der Waals surface area contributed by atoms with Gasteiger partial charge in [0.25, 0.3) is 0 Å². The molecule has 8 heteroatoms. The molecule has 7 nitrogen and oxygen atoms in total. The van der Waals surface area contributed by atoms with Crippen LogP contribution in [0.4, 0.5) is 4.39 Å². The topological polar surface area (TPSA) is 96.0 Å². The van der Waals surface area contributed by atoms with Gasteiger partial charge in [-0.3, -0.25) is 15.1 Å². The molecule has 2 N–H and O–H groups in total. The van der Waals surface area contributed by atoms with Gasteiger partial charge in [0, 0.05) is 29.7 Å². The number of nitrogens with one attached hydrogen (secondary N) is 2. The Morgan fingerprint density at radius 3 is 2.62 bits per heavy atom. The molecule has 0 saturated heterocycles. The lowest BCUT2D eigenvalue weighted by Gasteiger charge is -2.02. The number of aromatic nitrogens is 7. The zero-order valence-corrected chi connectivity index (χ0v) is 17.0. The van der Waals surface area contributed by atoms with Crippen LogP contribution in [0.1, 0.15) is 5.56 Å². The lowest BCUT2D eigenvalue weighted by Crippen LogP contribution is -1.88. The lowest BCUT2D eigenvalue weighted by molar-refractivity contribution is 0.628. The number of benzene rings is 1. The second-order valence-electron chi connectivity index (χ2n) is 7.57. The van der Waals surface area contributed by atoms with Gasteiger partial charge < -0.3 is 4.98 Å². The highest BCUT2D eigenvalue weighted by atomic mass is 19.1. The molecule has 0 bridgehead atoms. The first kappa shape index (κ1) is 18.3. The Labute approximate surface area is 181 Å². The maximum absolute atomic E-state index is 13.8. The third kappa shape index (κ3) is 3.01. The van der Waals surface area contributed by atoms with E-state index in [0.717, 1.165) is 27.9 Å². The van der Waals surface area contributed by atoms with Crippen LogP contribution in [0.15, 0.2) is 67.1 Å². The van der Waals surface area contributed by atoms with Gasteiger partial charge in [-0.25, -0.2) is 14.4 Å². The molecule has 0 atom stereocenters. The first-order chi connectivity index (χ1) is 15.7. The quantitative estimate of drug-likeness (QED) is 0.416. The van der Waals surface area contributed by atoms with Crippen molar-refractivity contribution in [1.29, 1.82) is 0 Å². The van der Waals surface area contributed by atoms with Crippen molar-refractivity contribution >= 4 is 22.1 Å². The zero-order valence-electron chi connectivity index (χ0n) is 17.0. The Hall–Kier alpha value is -4.46. The summed E-state index contributed by atoms with van der Waals surface area (Å²) in [6.45, 7) is 2.00. The SMILES string of the molecule is Cc1cncc(-c2ccc3[nH]nc(-c4nc5c(-c6cccc(F)c6)nccc5[nH]4)c3n2)c1. The van der Waals surface area contributed by atoms with Crippen molar-refractivity contribution in [2.24, 2.45) is 0 Å². The summed E-state index contributed by atoms with van der Waals surface area (Å²) in [6.07, 6.45) is 5.28. The van der Waals surface area contributed by atoms with Crippen molar-refractivity contribution in [2.75, 3.05) is 0 Å². The van der Waals surface area contributed by atoms with E-state index in [9.17, 15) is 4.39 Å². The summed E-state index contributed by atoms with van der Waals surface area (Å²) in [6, 6.07) is 14.1. The third-order valence-electron chi connectivity index (χ3n) is 5.30. The number of pyridine rings is 3. The van der Waals surface area contributed by atoms with Crippen molar-refractivity contribution in [3.63, 3.8) is 0 Å². The van der Waals surface area contributed by atoms with Gasteiger partial charge in [-0.2, -0.15) is 5.10 Å². The molecule has 6 aromatic rings. The van der Waals surface area contributed by atoms with Crippen LogP contribution in [-0.4, -0.2) is 35.1 Å². The van der Waals surface area contributed by atoms with Crippen molar-refractivity contribution in [1.82, 2.24) is 35.1 Å². The zero-order chi connectivity index (χ0) is 21.7. The van der Waals surface area contributed by atoms with E-state index in [1.54, 1.807) is 18.5 Å². The molecular weight excluding hydrogens is 405 g/mol. The van der Waals surface area contributed by atoms with Crippen LogP contribution in [-0.2, 0) is 0 Å². The average molecular weight is 421 g/mol. The second-order valence-corrected chi connectivity index (χ2v) is 7.57. The number of hydrogen-bond acceptors (Lipinski definition) is 5. The Morgan fingerprint density at radius 1 is 0.844 bits per heavy atom. The fraction of sp³-hybridized carbons (Fsp3) is 0.0417. The van der Waals surface area contributed by atoms with Crippen LogP contribution in [0.5, 0.6) is 0 Å². The van der Waals surface area contributed by atoms with Crippen LogP contribution in [0.3, 0.4) is 0 Å². The Balaban J connectivity index is 1.51. The van der Waals surface area contributed by atoms with Gasteiger partial charge in [0.1, 0.15) is 16.9 Å². The predicted molar refractivity (Wildman–Crippen MR) is 120 cm³/mol. The predicted octanol–water partition coefficient (Wildman–Crippen LogP) is 5.07. The van der Waals surface area contributed by atoms with Gasteiger partial charge in [-0.1, -0.05) is 12.1 Å². The molecule has 0 saturated carbocycles. The number of H-pyrrole nitrogens is 2. The van der Waals surface area contributed by atoms with Crippen LogP contribution in [0.2, 0.25) is 0 Å². The molecule has 0 aliphatic heterocycles. The van der Waals surface area contributed by atoms with Gasteiger partial charge in [-0.05, 0) is 48.9 Å². The number of rotatable bonds is 3. The molecule has 32 heavy (non-hydrogen) atoms. The summed E-state index contributed by atoms with van der Waals surface area (Å²) in [4.78, 5) is 21.6. The Bertz CT molecular complexity index is 1620. The van der Waals surface area contributed by atoms with Crippen LogP contribution in [0.25, 0.3) is 56.1 Å². The smallest absolute Gasteiger partial charge is 0.161 e. The van der Waals surface area contributed by atoms with E-state index >= 15 is 0 Å². The lowest BCUT2D eigenvalue weighted by atomic mass is 10.1. The van der Waals surface area contributed by atoms with E-state index in [0.29, 0.717) is 33.8 Å². The number of hydrogen-bond donors (Lipinski definition) is 2. The maximum Gasteiger partial charge on any atom is 0.161 e. The minimum Gasteiger partial charge on any atom is -0.336 e. The molecule has 0 aliphatic carbocycles. The third-order valence-corrected chi connectivity index (χ3v) is 5.30. The van der Waals surface area contributed by atoms with Crippen molar-refractivity contribution in [3.8, 4) is 34.0 Å². The van der Waals surface area contributed by atoms with Crippen LogP contribution < -0.4 is 0 Å².